The van der Waals surface area contributed by atoms with Gasteiger partial charge in [0.15, 0.2) is 4.87 Å². The lowest BCUT2D eigenvalue weighted by Gasteiger charge is -2.43. The van der Waals surface area contributed by atoms with Gasteiger partial charge < -0.3 is 14.6 Å². The van der Waals surface area contributed by atoms with Crippen LogP contribution < -0.4 is 0 Å². The Morgan fingerprint density at radius 1 is 1.37 bits per heavy atom. The van der Waals surface area contributed by atoms with Gasteiger partial charge in [-0.15, -0.1) is 29.7 Å². The van der Waals surface area contributed by atoms with E-state index in [1.165, 1.54) is 20.3 Å². The first kappa shape index (κ1) is 16.6. The third kappa shape index (κ3) is 1.88. The molecule has 2 atom stereocenters. The van der Waals surface area contributed by atoms with Crippen molar-refractivity contribution in [3.8, 4) is 12.3 Å². The molecule has 3 nitrogen and oxygen atoms in total. The van der Waals surface area contributed by atoms with E-state index in [4.69, 9.17) is 50.7 Å². The van der Waals surface area contributed by atoms with Gasteiger partial charge in [-0.2, -0.15) is 0 Å². The Morgan fingerprint density at radius 2 is 1.89 bits per heavy atom. The number of terminal acetylenes is 1. The van der Waals surface area contributed by atoms with Crippen molar-refractivity contribution in [3.63, 3.8) is 0 Å². The highest BCUT2D eigenvalue weighted by Gasteiger charge is 2.71. The molecular weight excluding hydrogens is 310 g/mol. The van der Waals surface area contributed by atoms with E-state index in [1.807, 2.05) is 0 Å². The highest BCUT2D eigenvalue weighted by atomic mass is 35.5. The molecule has 0 aliphatic heterocycles. The average molecular weight is 324 g/mol. The zero-order valence-corrected chi connectivity index (χ0v) is 12.7. The van der Waals surface area contributed by atoms with Gasteiger partial charge in [0.25, 0.3) is 0 Å². The predicted octanol–water partition coefficient (Wildman–Crippen LogP) is 2.75. The summed E-state index contributed by atoms with van der Waals surface area (Å²) in [5.74, 6) is 0.633. The molecule has 1 aliphatic rings. The van der Waals surface area contributed by atoms with Crippen LogP contribution in [0, 0.1) is 12.3 Å². The summed E-state index contributed by atoms with van der Waals surface area (Å²) in [5, 5.41) is 10.6. The van der Waals surface area contributed by atoms with Gasteiger partial charge in [0.2, 0.25) is 5.79 Å². The molecule has 0 spiro atoms. The van der Waals surface area contributed by atoms with Crippen molar-refractivity contribution in [1.82, 2.24) is 0 Å². The fourth-order valence-corrected chi connectivity index (χ4v) is 3.57. The predicted molar refractivity (Wildman–Crippen MR) is 76.2 cm³/mol. The van der Waals surface area contributed by atoms with Crippen LogP contribution in [0.25, 0.3) is 0 Å². The summed E-state index contributed by atoms with van der Waals surface area (Å²) in [7, 11) is 2.65. The van der Waals surface area contributed by atoms with Crippen LogP contribution in [0.5, 0.6) is 0 Å². The van der Waals surface area contributed by atoms with Crippen LogP contribution in [0.4, 0.5) is 0 Å². The van der Waals surface area contributed by atoms with E-state index in [9.17, 15) is 5.11 Å². The molecule has 1 aliphatic carbocycles. The molecule has 0 aromatic carbocycles. The van der Waals surface area contributed by atoms with E-state index in [0.717, 1.165) is 0 Å². The lowest BCUT2D eigenvalue weighted by molar-refractivity contribution is -0.203. The molecule has 0 radical (unpaired) electrons. The Morgan fingerprint density at radius 3 is 2.26 bits per heavy atom. The molecule has 1 N–H and O–H groups in total. The second kappa shape index (κ2) is 5.52. The molecule has 0 aromatic heterocycles. The Hall–Kier alpha value is -0.430. The summed E-state index contributed by atoms with van der Waals surface area (Å²) in [6.07, 6.45) is 6.36. The first-order valence-electron chi connectivity index (χ1n) is 5.19. The van der Waals surface area contributed by atoms with Crippen molar-refractivity contribution in [3.05, 3.63) is 28.5 Å². The minimum Gasteiger partial charge on any atom is -0.381 e. The van der Waals surface area contributed by atoms with E-state index >= 15 is 0 Å². The lowest BCUT2D eigenvalue weighted by Crippen LogP contribution is -2.60. The van der Waals surface area contributed by atoms with E-state index in [2.05, 4.69) is 18.2 Å². The summed E-state index contributed by atoms with van der Waals surface area (Å²) in [6.45, 7) is 3.44. The lowest BCUT2D eigenvalue weighted by atomic mass is 9.83. The summed E-state index contributed by atoms with van der Waals surface area (Å²) >= 11 is 18.7. The maximum atomic E-state index is 10.8. The molecule has 2 unspecified atom stereocenters. The number of aliphatic hydroxyl groups is 1. The number of halogens is 3. The van der Waals surface area contributed by atoms with E-state index in [0.29, 0.717) is 0 Å². The zero-order chi connectivity index (χ0) is 14.9. The number of hydrogen-bond acceptors (Lipinski definition) is 3. The summed E-state index contributed by atoms with van der Waals surface area (Å²) in [4.78, 5) is -1.69. The van der Waals surface area contributed by atoms with Crippen molar-refractivity contribution in [1.29, 1.82) is 0 Å². The third-order valence-electron chi connectivity index (χ3n) is 3.16. The molecule has 6 heteroatoms. The topological polar surface area (TPSA) is 38.7 Å². The average Bonchev–Trinajstić information content (AvgIpc) is 2.50. The highest BCUT2D eigenvalue weighted by molar-refractivity contribution is 6.44. The van der Waals surface area contributed by atoms with E-state index in [-0.39, 0.29) is 16.5 Å². The maximum absolute atomic E-state index is 10.8. The van der Waals surface area contributed by atoms with Crippen molar-refractivity contribution in [2.75, 3.05) is 14.2 Å². The molecule has 0 heterocycles. The number of ether oxygens (including phenoxy) is 2. The largest absolute Gasteiger partial charge is 0.381 e. The summed E-state index contributed by atoms with van der Waals surface area (Å²) in [5.41, 5.74) is 0.640. The number of hydrogen-bond donors (Lipinski definition) is 1. The first-order valence-corrected chi connectivity index (χ1v) is 6.33. The number of rotatable bonds is 4. The zero-order valence-electron chi connectivity index (χ0n) is 10.5. The van der Waals surface area contributed by atoms with Gasteiger partial charge >= 0.3 is 0 Å². The Labute approximate surface area is 127 Å². The van der Waals surface area contributed by atoms with Crippen LogP contribution in [0.3, 0.4) is 0 Å². The quantitative estimate of drug-likeness (QED) is 0.374. The van der Waals surface area contributed by atoms with Crippen LogP contribution in [0.1, 0.15) is 6.42 Å². The molecule has 0 fully saturated rings. The molecule has 1 rings (SSSR count). The molecule has 0 bridgehead atoms. The second-order valence-electron chi connectivity index (χ2n) is 3.95. The minimum absolute atomic E-state index is 0.0709. The molecule has 0 amide bonds. The fraction of sp³-hybridized carbons (Fsp3) is 0.462. The maximum Gasteiger partial charge on any atom is 0.234 e. The summed E-state index contributed by atoms with van der Waals surface area (Å²) < 4.78 is 10.6. The van der Waals surface area contributed by atoms with Crippen LogP contribution in [-0.2, 0) is 9.47 Å². The van der Waals surface area contributed by atoms with Gasteiger partial charge in [0.1, 0.15) is 5.60 Å². The van der Waals surface area contributed by atoms with Crippen LogP contribution >= 0.6 is 34.8 Å². The molecule has 0 saturated carbocycles. The minimum atomic E-state index is -1.85. The molecule has 19 heavy (non-hydrogen) atoms. The van der Waals surface area contributed by atoms with Gasteiger partial charge in [0, 0.05) is 20.6 Å². The SMILES string of the molecule is C#CCC1(O)C(Cl)=C(Cl)C(OC)(OC)C1(Cl)C=C=C. The van der Waals surface area contributed by atoms with Crippen molar-refractivity contribution < 1.29 is 14.6 Å². The van der Waals surface area contributed by atoms with Gasteiger partial charge in [-0.25, -0.2) is 0 Å². The van der Waals surface area contributed by atoms with Gasteiger partial charge in [-0.1, -0.05) is 29.8 Å². The number of alkyl halides is 1. The highest BCUT2D eigenvalue weighted by Crippen LogP contribution is 2.60. The standard InChI is InChI=1S/C13H13Cl3O3/c1-5-7-11(17)9(14)10(15)13(18-3,19-4)12(11,16)8-6-2/h1,8,17H,2,7H2,3-4H3. The Balaban J connectivity index is 3.70. The van der Waals surface area contributed by atoms with Crippen molar-refractivity contribution in [2.45, 2.75) is 22.7 Å². The van der Waals surface area contributed by atoms with Crippen LogP contribution in [0.2, 0.25) is 0 Å². The monoisotopic (exact) mass is 322 g/mol. The molecule has 104 valence electrons. The smallest absolute Gasteiger partial charge is 0.234 e. The van der Waals surface area contributed by atoms with Crippen molar-refractivity contribution in [2.24, 2.45) is 0 Å². The van der Waals surface area contributed by atoms with E-state index < -0.39 is 16.3 Å². The van der Waals surface area contributed by atoms with Gasteiger partial charge in [0.05, 0.1) is 10.1 Å². The first-order chi connectivity index (χ1) is 8.81. The van der Waals surface area contributed by atoms with Gasteiger partial charge in [-0.05, 0) is 6.08 Å². The summed E-state index contributed by atoms with van der Waals surface area (Å²) in [6, 6.07) is 0. The Kier molecular flexibility index (Phi) is 4.83. The third-order valence-corrected chi connectivity index (χ3v) is 4.87. The fourth-order valence-electron chi connectivity index (χ4n) is 2.19. The molecule has 0 aromatic rings. The second-order valence-corrected chi connectivity index (χ2v) is 5.31. The molecule has 0 saturated heterocycles. The van der Waals surface area contributed by atoms with Crippen molar-refractivity contribution >= 4 is 34.8 Å². The van der Waals surface area contributed by atoms with Gasteiger partial charge in [-0.3, -0.25) is 0 Å². The normalized spacial score (nSPS) is 32.9. The van der Waals surface area contributed by atoms with E-state index in [1.54, 1.807) is 0 Å². The number of methoxy groups -OCH3 is 2. The van der Waals surface area contributed by atoms with Crippen LogP contribution in [0.15, 0.2) is 28.5 Å². The molecular formula is C13H13Cl3O3. The van der Waals surface area contributed by atoms with Crippen LogP contribution in [-0.4, -0.2) is 35.6 Å². The Bertz CT molecular complexity index is 498.